The Hall–Kier alpha value is -2.58. The lowest BCUT2D eigenvalue weighted by Crippen LogP contribution is -2.12. The van der Waals surface area contributed by atoms with Crippen molar-refractivity contribution in [2.24, 2.45) is 0 Å². The molecule has 0 aliphatic carbocycles. The zero-order valence-corrected chi connectivity index (χ0v) is 11.3. The highest BCUT2D eigenvalue weighted by Gasteiger charge is 2.13. The van der Waals surface area contributed by atoms with Crippen LogP contribution in [0.5, 0.6) is 0 Å². The average molecular weight is 284 g/mol. The van der Waals surface area contributed by atoms with Crippen LogP contribution in [0.2, 0.25) is 0 Å². The van der Waals surface area contributed by atoms with Crippen LogP contribution in [0.15, 0.2) is 65.6 Å². The Balaban J connectivity index is 2.31. The van der Waals surface area contributed by atoms with E-state index in [-0.39, 0.29) is 4.90 Å². The molecule has 5 heteroatoms. The van der Waals surface area contributed by atoms with Crippen LogP contribution in [0.3, 0.4) is 0 Å². The molecule has 0 aliphatic rings. The molecule has 20 heavy (non-hydrogen) atoms. The number of anilines is 1. The molecule has 0 aromatic heterocycles. The van der Waals surface area contributed by atoms with Gasteiger partial charge in [0.15, 0.2) is 0 Å². The fraction of sp³-hybridized carbons (Fsp3) is 0. The number of allylic oxidation sites excluding steroid dienone is 1. The molecule has 4 nitrogen and oxygen atoms in total. The highest BCUT2D eigenvalue weighted by molar-refractivity contribution is 7.92. The average Bonchev–Trinajstić information content (AvgIpc) is 2.46. The predicted molar refractivity (Wildman–Crippen MR) is 78.3 cm³/mol. The summed E-state index contributed by atoms with van der Waals surface area (Å²) in [6, 6.07) is 16.9. The molecule has 2 aromatic carbocycles. The maximum atomic E-state index is 12.2. The summed E-state index contributed by atoms with van der Waals surface area (Å²) >= 11 is 0. The SMILES string of the molecule is N#C/C=C/c1cccc(S(=O)(=O)Nc2ccccc2)c1. The summed E-state index contributed by atoms with van der Waals surface area (Å²) in [5.74, 6) is 0. The molecular formula is C15H12N2O2S. The van der Waals surface area contributed by atoms with Crippen molar-refractivity contribution in [2.45, 2.75) is 4.90 Å². The Morgan fingerprint density at radius 3 is 2.50 bits per heavy atom. The summed E-state index contributed by atoms with van der Waals surface area (Å²) < 4.78 is 27.0. The van der Waals surface area contributed by atoms with E-state index in [1.54, 1.807) is 42.5 Å². The molecular weight excluding hydrogens is 272 g/mol. The molecule has 0 radical (unpaired) electrons. The van der Waals surface area contributed by atoms with Gasteiger partial charge in [-0.25, -0.2) is 8.42 Å². The molecule has 2 aromatic rings. The first kappa shape index (κ1) is 13.8. The molecule has 0 aliphatic heterocycles. The number of sulfonamides is 1. The van der Waals surface area contributed by atoms with E-state index in [4.69, 9.17) is 5.26 Å². The monoisotopic (exact) mass is 284 g/mol. The molecule has 0 saturated heterocycles. The van der Waals surface area contributed by atoms with Gasteiger partial charge in [0.25, 0.3) is 10.0 Å². The minimum atomic E-state index is -3.63. The lowest BCUT2D eigenvalue weighted by atomic mass is 10.2. The van der Waals surface area contributed by atoms with Crippen LogP contribution in [0.4, 0.5) is 5.69 Å². The quantitative estimate of drug-likeness (QED) is 0.877. The highest BCUT2D eigenvalue weighted by Crippen LogP contribution is 2.17. The summed E-state index contributed by atoms with van der Waals surface area (Å²) in [6.07, 6.45) is 2.86. The van der Waals surface area contributed by atoms with Gasteiger partial charge in [0, 0.05) is 11.8 Å². The first-order chi connectivity index (χ1) is 9.62. The van der Waals surface area contributed by atoms with Gasteiger partial charge in [0.2, 0.25) is 0 Å². The Morgan fingerprint density at radius 2 is 1.80 bits per heavy atom. The summed E-state index contributed by atoms with van der Waals surface area (Å²) in [7, 11) is -3.63. The molecule has 100 valence electrons. The summed E-state index contributed by atoms with van der Waals surface area (Å²) in [5, 5.41) is 8.48. The van der Waals surface area contributed by atoms with Crippen LogP contribution in [0.25, 0.3) is 6.08 Å². The van der Waals surface area contributed by atoms with Gasteiger partial charge < -0.3 is 0 Å². The zero-order chi connectivity index (χ0) is 14.4. The van der Waals surface area contributed by atoms with Gasteiger partial charge in [-0.05, 0) is 35.9 Å². The van der Waals surface area contributed by atoms with Gasteiger partial charge in [-0.3, -0.25) is 4.72 Å². The number of rotatable bonds is 4. The molecule has 0 unspecified atom stereocenters. The van der Waals surface area contributed by atoms with Crippen molar-refractivity contribution in [3.63, 3.8) is 0 Å². The van der Waals surface area contributed by atoms with Crippen molar-refractivity contribution < 1.29 is 8.42 Å². The third kappa shape index (κ3) is 3.46. The number of para-hydroxylation sites is 1. The zero-order valence-electron chi connectivity index (χ0n) is 10.5. The van der Waals surface area contributed by atoms with E-state index < -0.39 is 10.0 Å². The molecule has 0 bridgehead atoms. The second-order valence-electron chi connectivity index (χ2n) is 4.01. The van der Waals surface area contributed by atoms with E-state index in [9.17, 15) is 8.42 Å². The van der Waals surface area contributed by atoms with Gasteiger partial charge in [-0.2, -0.15) is 5.26 Å². The molecule has 1 N–H and O–H groups in total. The topological polar surface area (TPSA) is 70.0 Å². The molecule has 0 heterocycles. The first-order valence-corrected chi connectivity index (χ1v) is 7.34. The standard InChI is InChI=1S/C15H12N2O2S/c16-11-5-7-13-6-4-10-15(12-13)20(18,19)17-14-8-2-1-3-9-14/h1-10,12,17H/b7-5+. The Bertz CT molecular complexity index is 760. The highest BCUT2D eigenvalue weighted by atomic mass is 32.2. The molecule has 0 spiro atoms. The van der Waals surface area contributed by atoms with E-state index in [1.807, 2.05) is 12.1 Å². The summed E-state index contributed by atoms with van der Waals surface area (Å²) in [4.78, 5) is 0.154. The Kier molecular flexibility index (Phi) is 4.18. The van der Waals surface area contributed by atoms with Crippen molar-refractivity contribution in [3.8, 4) is 6.07 Å². The van der Waals surface area contributed by atoms with E-state index in [1.165, 1.54) is 18.2 Å². The van der Waals surface area contributed by atoms with Gasteiger partial charge in [-0.15, -0.1) is 0 Å². The second-order valence-corrected chi connectivity index (χ2v) is 5.69. The van der Waals surface area contributed by atoms with Crippen molar-refractivity contribution in [1.29, 1.82) is 5.26 Å². The number of nitrogens with zero attached hydrogens (tertiary/aromatic N) is 1. The van der Waals surface area contributed by atoms with Gasteiger partial charge in [0.1, 0.15) is 0 Å². The molecule has 0 amide bonds. The lowest BCUT2D eigenvalue weighted by Gasteiger charge is -2.08. The predicted octanol–water partition coefficient (Wildman–Crippen LogP) is 3.02. The van der Waals surface area contributed by atoms with E-state index in [2.05, 4.69) is 4.72 Å². The number of nitriles is 1. The smallest absolute Gasteiger partial charge is 0.261 e. The molecule has 0 atom stereocenters. The van der Waals surface area contributed by atoms with E-state index in [0.29, 0.717) is 11.3 Å². The number of benzene rings is 2. The van der Waals surface area contributed by atoms with Crippen LogP contribution in [-0.2, 0) is 10.0 Å². The van der Waals surface area contributed by atoms with Gasteiger partial charge in [0.05, 0.1) is 11.0 Å². The first-order valence-electron chi connectivity index (χ1n) is 5.86. The second kappa shape index (κ2) is 6.04. The molecule has 2 rings (SSSR count). The fourth-order valence-corrected chi connectivity index (χ4v) is 2.75. The van der Waals surface area contributed by atoms with Crippen molar-refractivity contribution >= 4 is 21.8 Å². The number of hydrogen-bond acceptors (Lipinski definition) is 3. The minimum absolute atomic E-state index is 0.154. The largest absolute Gasteiger partial charge is 0.280 e. The van der Waals surface area contributed by atoms with Crippen LogP contribution >= 0.6 is 0 Å². The maximum absolute atomic E-state index is 12.2. The van der Waals surface area contributed by atoms with Crippen LogP contribution in [0, 0.1) is 11.3 Å². The van der Waals surface area contributed by atoms with Crippen molar-refractivity contribution in [3.05, 3.63) is 66.2 Å². The van der Waals surface area contributed by atoms with Crippen LogP contribution in [-0.4, -0.2) is 8.42 Å². The van der Waals surface area contributed by atoms with Gasteiger partial charge >= 0.3 is 0 Å². The third-order valence-electron chi connectivity index (χ3n) is 2.54. The van der Waals surface area contributed by atoms with Gasteiger partial charge in [-0.1, -0.05) is 30.3 Å². The Labute approximate surface area is 118 Å². The third-order valence-corrected chi connectivity index (χ3v) is 3.92. The fourth-order valence-electron chi connectivity index (χ4n) is 1.64. The summed E-state index contributed by atoms with van der Waals surface area (Å²) in [6.45, 7) is 0. The number of hydrogen-bond donors (Lipinski definition) is 1. The van der Waals surface area contributed by atoms with Crippen molar-refractivity contribution in [2.75, 3.05) is 4.72 Å². The van der Waals surface area contributed by atoms with Crippen molar-refractivity contribution in [1.82, 2.24) is 0 Å². The van der Waals surface area contributed by atoms with E-state index in [0.717, 1.165) is 0 Å². The molecule has 0 fully saturated rings. The summed E-state index contributed by atoms with van der Waals surface area (Å²) in [5.41, 5.74) is 1.16. The van der Waals surface area contributed by atoms with E-state index >= 15 is 0 Å². The Morgan fingerprint density at radius 1 is 1.05 bits per heavy atom. The molecule has 0 saturated carbocycles. The minimum Gasteiger partial charge on any atom is -0.280 e. The normalized spacial score (nSPS) is 11.2. The lowest BCUT2D eigenvalue weighted by molar-refractivity contribution is 0.601. The van der Waals surface area contributed by atoms with Crippen LogP contribution < -0.4 is 4.72 Å². The number of nitrogens with one attached hydrogen (secondary N) is 1. The van der Waals surface area contributed by atoms with Crippen LogP contribution in [0.1, 0.15) is 5.56 Å². The maximum Gasteiger partial charge on any atom is 0.261 e.